The van der Waals surface area contributed by atoms with E-state index in [9.17, 15) is 9.59 Å². The summed E-state index contributed by atoms with van der Waals surface area (Å²) in [6.07, 6.45) is -2.44. The van der Waals surface area contributed by atoms with Crippen LogP contribution < -0.4 is 11.0 Å². The van der Waals surface area contributed by atoms with Crippen LogP contribution in [0.5, 0.6) is 0 Å². The SMILES string of the molecule is CC(OC1CSSCC1OC(C)C(=O)NO)C(=O)NO. The zero-order valence-corrected chi connectivity index (χ0v) is 12.7. The predicted molar refractivity (Wildman–Crippen MR) is 73.4 cm³/mol. The fraction of sp³-hybridized carbons (Fsp3) is 0.800. The second-order valence-electron chi connectivity index (χ2n) is 4.15. The summed E-state index contributed by atoms with van der Waals surface area (Å²) in [5.74, 6) is -0.112. The molecule has 1 rings (SSSR count). The van der Waals surface area contributed by atoms with Crippen molar-refractivity contribution in [1.29, 1.82) is 0 Å². The number of ether oxygens (including phenoxy) is 2. The number of hydroxylamine groups is 2. The summed E-state index contributed by atoms with van der Waals surface area (Å²) in [7, 11) is 3.15. The molecule has 1 heterocycles. The third kappa shape index (κ3) is 5.11. The monoisotopic (exact) mass is 326 g/mol. The van der Waals surface area contributed by atoms with Gasteiger partial charge >= 0.3 is 0 Å². The molecule has 0 radical (unpaired) electrons. The lowest BCUT2D eigenvalue weighted by Crippen LogP contribution is -2.46. The Hall–Kier alpha value is -0.520. The molecular weight excluding hydrogens is 308 g/mol. The van der Waals surface area contributed by atoms with Gasteiger partial charge in [-0.25, -0.2) is 11.0 Å². The first-order valence-electron chi connectivity index (χ1n) is 5.92. The molecule has 1 aliphatic rings. The van der Waals surface area contributed by atoms with Crippen LogP contribution in [0.15, 0.2) is 0 Å². The lowest BCUT2D eigenvalue weighted by molar-refractivity contribution is -0.158. The van der Waals surface area contributed by atoms with Crippen LogP contribution in [0.1, 0.15) is 13.8 Å². The molecule has 0 aliphatic carbocycles. The Labute approximate surface area is 124 Å². The lowest BCUT2D eigenvalue weighted by atomic mass is 10.2. The summed E-state index contributed by atoms with van der Waals surface area (Å²) in [4.78, 5) is 22.5. The van der Waals surface area contributed by atoms with Crippen LogP contribution in [0, 0.1) is 0 Å². The minimum Gasteiger partial charge on any atom is -0.362 e. The van der Waals surface area contributed by atoms with Gasteiger partial charge in [-0.3, -0.25) is 20.0 Å². The van der Waals surface area contributed by atoms with E-state index in [1.165, 1.54) is 24.8 Å². The molecule has 4 atom stereocenters. The second kappa shape index (κ2) is 8.70. The van der Waals surface area contributed by atoms with Gasteiger partial charge in [-0.15, -0.1) is 0 Å². The molecule has 2 amide bonds. The Morgan fingerprint density at radius 2 is 1.35 bits per heavy atom. The maximum atomic E-state index is 11.2. The zero-order chi connectivity index (χ0) is 15.1. The maximum Gasteiger partial charge on any atom is 0.272 e. The van der Waals surface area contributed by atoms with E-state index in [-0.39, 0.29) is 12.2 Å². The predicted octanol–water partition coefficient (Wildman–Crippen LogP) is -0.0604. The average molecular weight is 326 g/mol. The van der Waals surface area contributed by atoms with E-state index in [4.69, 9.17) is 19.9 Å². The van der Waals surface area contributed by atoms with Gasteiger partial charge in [0.15, 0.2) is 0 Å². The molecule has 0 spiro atoms. The van der Waals surface area contributed by atoms with Crippen LogP contribution in [0.4, 0.5) is 0 Å². The summed E-state index contributed by atoms with van der Waals surface area (Å²) < 4.78 is 11.1. The van der Waals surface area contributed by atoms with Crippen molar-refractivity contribution in [1.82, 2.24) is 11.0 Å². The van der Waals surface area contributed by atoms with Gasteiger partial charge < -0.3 is 9.47 Å². The molecule has 0 aromatic carbocycles. The van der Waals surface area contributed by atoms with E-state index in [2.05, 4.69) is 0 Å². The molecule has 0 saturated carbocycles. The van der Waals surface area contributed by atoms with E-state index >= 15 is 0 Å². The summed E-state index contributed by atoms with van der Waals surface area (Å²) >= 11 is 0. The molecule has 0 bridgehead atoms. The van der Waals surface area contributed by atoms with Crippen LogP contribution in [-0.4, -0.2) is 58.2 Å². The average Bonchev–Trinajstić information content (AvgIpc) is 2.47. The fourth-order valence-electron chi connectivity index (χ4n) is 1.53. The number of carbonyl (C=O) groups is 2. The minimum atomic E-state index is -0.832. The number of nitrogens with one attached hydrogen (secondary N) is 2. The maximum absolute atomic E-state index is 11.2. The molecule has 0 aromatic heterocycles. The molecule has 8 nitrogen and oxygen atoms in total. The van der Waals surface area contributed by atoms with Crippen LogP contribution in [0.3, 0.4) is 0 Å². The normalized spacial score (nSPS) is 25.6. The highest BCUT2D eigenvalue weighted by Gasteiger charge is 2.33. The standard InChI is InChI=1S/C10H18N2O6S2/c1-5(9(13)11-15)17-7-3-19-20-4-8(7)18-6(2)10(14)12-16/h5-8,15-16H,3-4H2,1-2H3,(H,11,13)(H,12,14). The van der Waals surface area contributed by atoms with E-state index < -0.39 is 24.0 Å². The summed E-state index contributed by atoms with van der Waals surface area (Å²) in [5, 5.41) is 17.1. The van der Waals surface area contributed by atoms with Crippen molar-refractivity contribution in [3.8, 4) is 0 Å². The van der Waals surface area contributed by atoms with Crippen molar-refractivity contribution in [2.24, 2.45) is 0 Å². The first kappa shape index (κ1) is 17.5. The highest BCUT2D eigenvalue weighted by Crippen LogP contribution is 2.33. The van der Waals surface area contributed by atoms with Crippen LogP contribution in [-0.2, 0) is 19.1 Å². The second-order valence-corrected chi connectivity index (χ2v) is 6.71. The third-order valence-corrected chi connectivity index (χ3v) is 5.09. The fourth-order valence-corrected chi connectivity index (χ4v) is 3.96. The molecule has 4 unspecified atom stereocenters. The van der Waals surface area contributed by atoms with Crippen molar-refractivity contribution in [3.05, 3.63) is 0 Å². The smallest absolute Gasteiger partial charge is 0.272 e. The molecular formula is C10H18N2O6S2. The Balaban J connectivity index is 2.57. The van der Waals surface area contributed by atoms with E-state index in [1.807, 2.05) is 0 Å². The molecule has 10 heteroatoms. The van der Waals surface area contributed by atoms with Gasteiger partial charge in [-0.2, -0.15) is 0 Å². The van der Waals surface area contributed by atoms with Crippen molar-refractivity contribution in [2.75, 3.05) is 11.5 Å². The molecule has 1 aliphatic heterocycles. The number of hydrogen-bond acceptors (Lipinski definition) is 8. The van der Waals surface area contributed by atoms with Gasteiger partial charge in [0.05, 0.1) is 12.2 Å². The summed E-state index contributed by atoms with van der Waals surface area (Å²) in [6, 6.07) is 0. The third-order valence-electron chi connectivity index (χ3n) is 2.68. The topological polar surface area (TPSA) is 117 Å². The quantitative estimate of drug-likeness (QED) is 0.305. The highest BCUT2D eigenvalue weighted by atomic mass is 33.1. The van der Waals surface area contributed by atoms with Gasteiger partial charge in [0, 0.05) is 11.5 Å². The molecule has 0 aromatic rings. The molecule has 20 heavy (non-hydrogen) atoms. The number of amides is 2. The Morgan fingerprint density at radius 3 is 1.65 bits per heavy atom. The number of carbonyl (C=O) groups excluding carboxylic acids is 2. The largest absolute Gasteiger partial charge is 0.362 e. The van der Waals surface area contributed by atoms with Gasteiger partial charge in [-0.05, 0) is 13.8 Å². The van der Waals surface area contributed by atoms with Crippen molar-refractivity contribution in [2.45, 2.75) is 38.3 Å². The first-order valence-corrected chi connectivity index (χ1v) is 8.41. The molecule has 1 saturated heterocycles. The van der Waals surface area contributed by atoms with E-state index in [1.54, 1.807) is 21.6 Å². The van der Waals surface area contributed by atoms with Gasteiger partial charge in [0.25, 0.3) is 11.8 Å². The molecule has 1 fully saturated rings. The minimum absolute atomic E-state index is 0.387. The van der Waals surface area contributed by atoms with Crippen molar-refractivity contribution >= 4 is 33.4 Å². The zero-order valence-electron chi connectivity index (χ0n) is 11.1. The summed E-state index contributed by atoms with van der Waals surface area (Å²) in [5.41, 5.74) is 3.05. The Morgan fingerprint density at radius 1 is 1.00 bits per heavy atom. The van der Waals surface area contributed by atoms with Crippen LogP contribution in [0.25, 0.3) is 0 Å². The first-order chi connectivity index (χ1) is 9.49. The van der Waals surface area contributed by atoms with E-state index in [0.29, 0.717) is 11.5 Å². The summed E-state index contributed by atoms with van der Waals surface area (Å²) in [6.45, 7) is 3.03. The Kier molecular flexibility index (Phi) is 7.62. The van der Waals surface area contributed by atoms with Crippen molar-refractivity contribution in [3.63, 3.8) is 0 Å². The Bertz CT molecular complexity index is 314. The van der Waals surface area contributed by atoms with Gasteiger partial charge in [-0.1, -0.05) is 21.6 Å². The van der Waals surface area contributed by atoms with Crippen LogP contribution in [0.2, 0.25) is 0 Å². The highest BCUT2D eigenvalue weighted by molar-refractivity contribution is 8.76. The molecule has 4 N–H and O–H groups in total. The number of hydrogen-bond donors (Lipinski definition) is 4. The van der Waals surface area contributed by atoms with E-state index in [0.717, 1.165) is 0 Å². The van der Waals surface area contributed by atoms with Crippen molar-refractivity contribution < 1.29 is 29.5 Å². The lowest BCUT2D eigenvalue weighted by Gasteiger charge is -2.33. The van der Waals surface area contributed by atoms with Gasteiger partial charge in [0.2, 0.25) is 0 Å². The molecule has 116 valence electrons. The van der Waals surface area contributed by atoms with Gasteiger partial charge in [0.1, 0.15) is 12.2 Å². The number of rotatable bonds is 6. The van der Waals surface area contributed by atoms with Crippen LogP contribution >= 0.6 is 21.6 Å².